The van der Waals surface area contributed by atoms with Crippen LogP contribution in [0.15, 0.2) is 36.4 Å². The van der Waals surface area contributed by atoms with E-state index in [9.17, 15) is 24.1 Å². The van der Waals surface area contributed by atoms with E-state index in [-0.39, 0.29) is 36.1 Å². The minimum atomic E-state index is -0.879. The number of hydrogen-bond donors (Lipinski definition) is 1. The van der Waals surface area contributed by atoms with Gasteiger partial charge in [0.15, 0.2) is 11.5 Å². The molecule has 0 bridgehead atoms. The van der Waals surface area contributed by atoms with Crippen molar-refractivity contribution in [3.05, 3.63) is 63.5 Å². The van der Waals surface area contributed by atoms with Crippen LogP contribution in [0.1, 0.15) is 27.1 Å². The lowest BCUT2D eigenvalue weighted by Gasteiger charge is -2.12. The highest BCUT2D eigenvalue weighted by Gasteiger charge is 2.25. The van der Waals surface area contributed by atoms with E-state index in [1.54, 1.807) is 0 Å². The van der Waals surface area contributed by atoms with Gasteiger partial charge in [-0.2, -0.15) is 0 Å². The van der Waals surface area contributed by atoms with E-state index in [0.29, 0.717) is 12.0 Å². The quantitative estimate of drug-likeness (QED) is 0.294. The zero-order valence-electron chi connectivity index (χ0n) is 15.8. The predicted molar refractivity (Wildman–Crippen MR) is 99.8 cm³/mol. The summed E-state index contributed by atoms with van der Waals surface area (Å²) in [6.07, 6.45) is 0.403. The molecule has 9 nitrogen and oxygen atoms in total. The lowest BCUT2D eigenvalue weighted by Crippen LogP contribution is -2.25. The summed E-state index contributed by atoms with van der Waals surface area (Å²) in [4.78, 5) is 34.2. The SMILES string of the molecule is COC(=O)c1cc(OCCCNC(=O)c2ccc(F)cc2)c(OC)cc1[N+](=O)[O-]. The van der Waals surface area contributed by atoms with Crippen molar-refractivity contribution in [3.8, 4) is 11.5 Å². The van der Waals surface area contributed by atoms with Crippen LogP contribution in [0.4, 0.5) is 10.1 Å². The first-order valence-corrected chi connectivity index (χ1v) is 8.48. The number of esters is 1. The Labute approximate surface area is 165 Å². The highest BCUT2D eigenvalue weighted by Crippen LogP contribution is 2.35. The maximum atomic E-state index is 12.9. The maximum Gasteiger partial charge on any atom is 0.345 e. The first-order valence-electron chi connectivity index (χ1n) is 8.48. The molecule has 0 spiro atoms. The molecule has 0 aliphatic rings. The van der Waals surface area contributed by atoms with Crippen molar-refractivity contribution in [1.29, 1.82) is 0 Å². The third-order valence-electron chi connectivity index (χ3n) is 3.85. The summed E-state index contributed by atoms with van der Waals surface area (Å²) in [5.41, 5.74) is -0.405. The van der Waals surface area contributed by atoms with Gasteiger partial charge in [0.1, 0.15) is 11.4 Å². The van der Waals surface area contributed by atoms with E-state index in [4.69, 9.17) is 9.47 Å². The molecule has 0 aliphatic carbocycles. The predicted octanol–water partition coefficient (Wildman–Crippen LogP) is 2.73. The van der Waals surface area contributed by atoms with Gasteiger partial charge in [-0.1, -0.05) is 0 Å². The van der Waals surface area contributed by atoms with Crippen LogP contribution in [-0.4, -0.2) is 44.2 Å². The van der Waals surface area contributed by atoms with Crippen molar-refractivity contribution in [1.82, 2.24) is 5.32 Å². The largest absolute Gasteiger partial charge is 0.493 e. The van der Waals surface area contributed by atoms with Crippen molar-refractivity contribution in [2.75, 3.05) is 27.4 Å². The molecule has 0 atom stereocenters. The fourth-order valence-corrected chi connectivity index (χ4v) is 2.41. The normalized spacial score (nSPS) is 10.2. The van der Waals surface area contributed by atoms with Gasteiger partial charge in [-0.3, -0.25) is 14.9 Å². The van der Waals surface area contributed by atoms with Gasteiger partial charge in [-0.05, 0) is 30.7 Å². The fraction of sp³-hybridized carbons (Fsp3) is 0.263. The molecule has 2 aromatic carbocycles. The second kappa shape index (κ2) is 10.0. The van der Waals surface area contributed by atoms with Crippen molar-refractivity contribution in [2.45, 2.75) is 6.42 Å². The Balaban J connectivity index is 1.97. The minimum Gasteiger partial charge on any atom is -0.493 e. The van der Waals surface area contributed by atoms with E-state index >= 15 is 0 Å². The molecule has 0 fully saturated rings. The molecular formula is C19H19FN2O7. The Hall–Kier alpha value is -3.69. The molecular weight excluding hydrogens is 387 g/mol. The van der Waals surface area contributed by atoms with Crippen LogP contribution in [0, 0.1) is 15.9 Å². The fourth-order valence-electron chi connectivity index (χ4n) is 2.41. The number of amides is 1. The van der Waals surface area contributed by atoms with Gasteiger partial charge in [0.2, 0.25) is 0 Å². The van der Waals surface area contributed by atoms with Crippen LogP contribution >= 0.6 is 0 Å². The summed E-state index contributed by atoms with van der Waals surface area (Å²) in [6.45, 7) is 0.411. The second-order valence-electron chi connectivity index (χ2n) is 5.73. The number of ether oxygens (including phenoxy) is 3. The van der Waals surface area contributed by atoms with E-state index in [1.165, 1.54) is 37.4 Å². The first kappa shape index (κ1) is 21.6. The van der Waals surface area contributed by atoms with Crippen molar-refractivity contribution in [3.63, 3.8) is 0 Å². The smallest absolute Gasteiger partial charge is 0.345 e. The number of nitrogens with one attached hydrogen (secondary N) is 1. The van der Waals surface area contributed by atoms with Crippen LogP contribution in [0.5, 0.6) is 11.5 Å². The number of benzene rings is 2. The van der Waals surface area contributed by atoms with E-state index in [1.807, 2.05) is 0 Å². The summed E-state index contributed by atoms with van der Waals surface area (Å²) in [7, 11) is 2.42. The highest BCUT2D eigenvalue weighted by atomic mass is 19.1. The Morgan fingerprint density at radius 1 is 1.14 bits per heavy atom. The van der Waals surface area contributed by atoms with Crippen molar-refractivity contribution < 1.29 is 33.1 Å². The minimum absolute atomic E-state index is 0.0831. The average Bonchev–Trinajstić information content (AvgIpc) is 2.72. The van der Waals surface area contributed by atoms with Crippen LogP contribution in [0.3, 0.4) is 0 Å². The van der Waals surface area contributed by atoms with Gasteiger partial charge < -0.3 is 19.5 Å². The lowest BCUT2D eigenvalue weighted by molar-refractivity contribution is -0.385. The summed E-state index contributed by atoms with van der Waals surface area (Å²) in [5.74, 6) is -1.46. The van der Waals surface area contributed by atoms with Gasteiger partial charge >= 0.3 is 5.97 Å². The van der Waals surface area contributed by atoms with Gasteiger partial charge in [-0.15, -0.1) is 0 Å². The average molecular weight is 406 g/mol. The van der Waals surface area contributed by atoms with Crippen LogP contribution in [-0.2, 0) is 4.74 Å². The van der Waals surface area contributed by atoms with Gasteiger partial charge in [-0.25, -0.2) is 9.18 Å². The summed E-state index contributed by atoms with van der Waals surface area (Å²) in [5, 5.41) is 13.8. The van der Waals surface area contributed by atoms with Crippen LogP contribution < -0.4 is 14.8 Å². The topological polar surface area (TPSA) is 117 Å². The summed E-state index contributed by atoms with van der Waals surface area (Å²) < 4.78 is 28.1. The number of carbonyl (C=O) groups is 2. The standard InChI is InChI=1S/C19H19FN2O7/c1-27-16-11-15(22(25)26)14(19(24)28-2)10-17(16)29-9-3-8-21-18(23)12-4-6-13(20)7-5-12/h4-7,10-11H,3,8-9H2,1-2H3,(H,21,23). The first-order chi connectivity index (χ1) is 13.9. The molecule has 0 heterocycles. The molecule has 0 unspecified atom stereocenters. The van der Waals surface area contributed by atoms with Gasteiger partial charge in [0.25, 0.3) is 11.6 Å². The molecule has 0 aromatic heterocycles. The van der Waals surface area contributed by atoms with Crippen molar-refractivity contribution in [2.24, 2.45) is 0 Å². The number of nitrogens with zero attached hydrogens (tertiary/aromatic N) is 1. The number of hydrogen-bond acceptors (Lipinski definition) is 7. The number of methoxy groups -OCH3 is 2. The molecule has 0 saturated heterocycles. The van der Waals surface area contributed by atoms with Crippen molar-refractivity contribution >= 4 is 17.6 Å². The summed E-state index contributed by atoms with van der Waals surface area (Å²) >= 11 is 0. The third-order valence-corrected chi connectivity index (χ3v) is 3.85. The molecule has 1 N–H and O–H groups in total. The number of rotatable bonds is 9. The Kier molecular flexibility index (Phi) is 7.47. The molecule has 0 radical (unpaired) electrons. The van der Waals surface area contributed by atoms with Gasteiger partial charge in [0.05, 0.1) is 31.8 Å². The molecule has 0 saturated carbocycles. The number of nitro benzene ring substituents is 1. The Morgan fingerprint density at radius 3 is 2.41 bits per heavy atom. The third kappa shape index (κ3) is 5.64. The zero-order chi connectivity index (χ0) is 21.4. The molecule has 1 amide bonds. The monoisotopic (exact) mass is 406 g/mol. The number of halogens is 1. The van der Waals surface area contributed by atoms with E-state index in [2.05, 4.69) is 10.1 Å². The molecule has 0 aliphatic heterocycles. The molecule has 29 heavy (non-hydrogen) atoms. The van der Waals surface area contributed by atoms with Crippen LogP contribution in [0.2, 0.25) is 0 Å². The zero-order valence-corrected chi connectivity index (χ0v) is 15.8. The van der Waals surface area contributed by atoms with Crippen LogP contribution in [0.25, 0.3) is 0 Å². The maximum absolute atomic E-state index is 12.9. The highest BCUT2D eigenvalue weighted by molar-refractivity contribution is 5.95. The molecule has 2 rings (SSSR count). The lowest BCUT2D eigenvalue weighted by atomic mass is 10.1. The van der Waals surface area contributed by atoms with Gasteiger partial charge in [0, 0.05) is 18.2 Å². The van der Waals surface area contributed by atoms with E-state index < -0.39 is 22.4 Å². The van der Waals surface area contributed by atoms with E-state index in [0.717, 1.165) is 13.2 Å². The molecule has 154 valence electrons. The summed E-state index contributed by atoms with van der Waals surface area (Å²) in [6, 6.07) is 7.39. The molecule has 10 heteroatoms. The number of carbonyl (C=O) groups excluding carboxylic acids is 2. The molecule has 2 aromatic rings. The Morgan fingerprint density at radius 2 is 1.83 bits per heavy atom. The Bertz CT molecular complexity index is 900. The number of nitro groups is 1. The second-order valence-corrected chi connectivity index (χ2v) is 5.73.